The number of nitrogens with zero attached hydrogens (tertiary/aromatic N) is 3. The van der Waals surface area contributed by atoms with E-state index < -0.39 is 10.0 Å². The van der Waals surface area contributed by atoms with Crippen LogP contribution in [-0.2, 0) is 10.0 Å². The number of hydrogen-bond acceptors (Lipinski definition) is 6. The molecule has 0 aliphatic carbocycles. The summed E-state index contributed by atoms with van der Waals surface area (Å²) in [5.41, 5.74) is 1.39. The van der Waals surface area contributed by atoms with E-state index >= 15 is 0 Å². The van der Waals surface area contributed by atoms with Crippen molar-refractivity contribution in [2.24, 2.45) is 0 Å². The smallest absolute Gasteiger partial charge is 0.258 e. The van der Waals surface area contributed by atoms with Crippen LogP contribution in [0.25, 0.3) is 21.7 Å². The molecule has 3 aromatic heterocycles. The number of nitrogens with one attached hydrogen (secondary N) is 2. The highest BCUT2D eigenvalue weighted by atomic mass is 79.9. The van der Waals surface area contributed by atoms with E-state index in [1.54, 1.807) is 12.4 Å². The summed E-state index contributed by atoms with van der Waals surface area (Å²) >= 11 is 3.51. The number of benzene rings is 1. The van der Waals surface area contributed by atoms with Crippen LogP contribution in [0, 0.1) is 11.8 Å². The molecule has 1 aliphatic rings. The Hall–Kier alpha value is -3.26. The maximum absolute atomic E-state index is 12.9. The summed E-state index contributed by atoms with van der Waals surface area (Å²) in [6, 6.07) is 11.1. The Labute approximate surface area is 211 Å². The molecule has 0 unspecified atom stereocenters. The van der Waals surface area contributed by atoms with Gasteiger partial charge in [0.2, 0.25) is 10.0 Å². The Bertz CT molecular complexity index is 1660. The lowest BCUT2D eigenvalue weighted by molar-refractivity contribution is 0.329. The first-order valence-corrected chi connectivity index (χ1v) is 13.7. The van der Waals surface area contributed by atoms with Crippen LogP contribution in [0.5, 0.6) is 0 Å². The van der Waals surface area contributed by atoms with Gasteiger partial charge in [0.15, 0.2) is 0 Å². The second-order valence-electron chi connectivity index (χ2n) is 8.47. The number of rotatable bonds is 3. The number of pyridine rings is 3. The van der Waals surface area contributed by atoms with Gasteiger partial charge in [0.05, 0.1) is 22.7 Å². The van der Waals surface area contributed by atoms with Gasteiger partial charge < -0.3 is 10.3 Å². The molecule has 0 spiro atoms. The molecule has 1 atom stereocenters. The molecule has 2 N–H and O–H groups in total. The third-order valence-corrected chi connectivity index (χ3v) is 7.74. The van der Waals surface area contributed by atoms with Crippen molar-refractivity contribution in [2.75, 3.05) is 24.7 Å². The number of fused-ring (bicyclic) bond motifs is 3. The molecule has 1 aliphatic heterocycles. The maximum Gasteiger partial charge on any atom is 0.258 e. The van der Waals surface area contributed by atoms with Crippen LogP contribution >= 0.6 is 15.9 Å². The number of anilines is 1. The molecule has 178 valence electrons. The van der Waals surface area contributed by atoms with Crippen molar-refractivity contribution in [1.82, 2.24) is 19.3 Å². The molecule has 35 heavy (non-hydrogen) atoms. The van der Waals surface area contributed by atoms with E-state index in [1.165, 1.54) is 10.6 Å². The van der Waals surface area contributed by atoms with E-state index in [0.717, 1.165) is 28.1 Å². The third kappa shape index (κ3) is 4.93. The van der Waals surface area contributed by atoms with Gasteiger partial charge in [-0.25, -0.2) is 22.7 Å². The molecule has 1 aromatic carbocycles. The van der Waals surface area contributed by atoms with Gasteiger partial charge in [0.25, 0.3) is 5.56 Å². The van der Waals surface area contributed by atoms with Crippen LogP contribution in [0.2, 0.25) is 0 Å². The second-order valence-corrected chi connectivity index (χ2v) is 11.4. The van der Waals surface area contributed by atoms with Crippen molar-refractivity contribution in [2.45, 2.75) is 18.9 Å². The second kappa shape index (κ2) is 9.41. The molecule has 4 aromatic rings. The van der Waals surface area contributed by atoms with E-state index in [-0.39, 0.29) is 11.6 Å². The fourth-order valence-corrected chi connectivity index (χ4v) is 5.59. The number of aromatic nitrogens is 3. The molecular formula is C25H22BrN5O3S. The first-order chi connectivity index (χ1) is 16.8. The molecular weight excluding hydrogens is 530 g/mol. The molecule has 0 bridgehead atoms. The van der Waals surface area contributed by atoms with Crippen molar-refractivity contribution in [3.05, 3.63) is 74.9 Å². The quantitative estimate of drug-likeness (QED) is 0.298. The standard InChI is InChI=1S/C25H22BrN5O3S/c1-35(33,34)31-12-4-6-19(15-31)29-24-20-10-8-17(26)13-21(20)22-23(30-24)16(14-28-25(22)32)7-9-18-5-2-3-11-27-18/h2-3,5,8,10-11,13-14,19H,4,6,12,15H2,1H3,(H,28,32)(H,29,30)/t19-/m0/s1. The normalized spacial score (nSPS) is 16.7. The van der Waals surface area contributed by atoms with Crippen molar-refractivity contribution in [1.29, 1.82) is 0 Å². The molecule has 1 saturated heterocycles. The van der Waals surface area contributed by atoms with Gasteiger partial charge in [-0.2, -0.15) is 0 Å². The van der Waals surface area contributed by atoms with Crippen LogP contribution in [-0.4, -0.2) is 53.1 Å². The van der Waals surface area contributed by atoms with Crippen LogP contribution < -0.4 is 10.9 Å². The van der Waals surface area contributed by atoms with Gasteiger partial charge in [0.1, 0.15) is 11.5 Å². The topological polar surface area (TPSA) is 108 Å². The third-order valence-electron chi connectivity index (χ3n) is 5.98. The minimum absolute atomic E-state index is 0.111. The predicted octanol–water partition coefficient (Wildman–Crippen LogP) is 3.47. The maximum atomic E-state index is 12.9. The van der Waals surface area contributed by atoms with E-state index in [1.807, 2.05) is 36.4 Å². The Morgan fingerprint density at radius 3 is 2.83 bits per heavy atom. The van der Waals surface area contributed by atoms with Crippen LogP contribution in [0.15, 0.2) is 58.1 Å². The lowest BCUT2D eigenvalue weighted by atomic mass is 10.0. The Kier molecular flexibility index (Phi) is 6.32. The molecule has 0 saturated carbocycles. The lowest BCUT2D eigenvalue weighted by Crippen LogP contribution is -2.44. The van der Waals surface area contributed by atoms with Crippen molar-refractivity contribution in [3.8, 4) is 11.8 Å². The summed E-state index contributed by atoms with van der Waals surface area (Å²) in [5, 5.41) is 5.40. The fourth-order valence-electron chi connectivity index (χ4n) is 4.32. The number of sulfonamides is 1. The number of hydrogen-bond donors (Lipinski definition) is 2. The van der Waals surface area contributed by atoms with Crippen molar-refractivity contribution < 1.29 is 8.42 Å². The first kappa shape index (κ1) is 23.5. The SMILES string of the molecule is CS(=O)(=O)N1CCC[C@H](Nc2nc3c(C#Cc4ccccn4)c[nH]c(=O)c3c3cc(Br)ccc23)C1. The molecule has 10 heteroatoms. The van der Waals surface area contributed by atoms with E-state index in [4.69, 9.17) is 4.98 Å². The van der Waals surface area contributed by atoms with Gasteiger partial charge in [-0.1, -0.05) is 27.9 Å². The number of H-pyrrole nitrogens is 1. The lowest BCUT2D eigenvalue weighted by Gasteiger charge is -2.32. The highest BCUT2D eigenvalue weighted by Crippen LogP contribution is 2.32. The zero-order valence-corrected chi connectivity index (χ0v) is 21.3. The van der Waals surface area contributed by atoms with Crippen LogP contribution in [0.3, 0.4) is 0 Å². The molecule has 0 radical (unpaired) electrons. The largest absolute Gasteiger partial charge is 0.365 e. The van der Waals surface area contributed by atoms with Crippen molar-refractivity contribution in [3.63, 3.8) is 0 Å². The van der Waals surface area contributed by atoms with E-state index in [2.05, 4.69) is 43.1 Å². The Morgan fingerprint density at radius 2 is 2.06 bits per heavy atom. The minimum Gasteiger partial charge on any atom is -0.365 e. The van der Waals surface area contributed by atoms with Crippen molar-refractivity contribution >= 4 is 53.4 Å². The molecule has 5 rings (SSSR count). The zero-order valence-electron chi connectivity index (χ0n) is 18.9. The summed E-state index contributed by atoms with van der Waals surface area (Å²) in [6.07, 6.45) is 6.03. The average molecular weight is 552 g/mol. The Morgan fingerprint density at radius 1 is 1.20 bits per heavy atom. The zero-order chi connectivity index (χ0) is 24.6. The molecule has 4 heterocycles. The Balaban J connectivity index is 1.66. The summed E-state index contributed by atoms with van der Waals surface area (Å²) < 4.78 is 26.5. The van der Waals surface area contributed by atoms with E-state index in [0.29, 0.717) is 41.1 Å². The summed E-state index contributed by atoms with van der Waals surface area (Å²) in [5.74, 6) is 6.71. The summed E-state index contributed by atoms with van der Waals surface area (Å²) in [7, 11) is -3.28. The highest BCUT2D eigenvalue weighted by molar-refractivity contribution is 9.10. The van der Waals surface area contributed by atoms with Gasteiger partial charge >= 0.3 is 0 Å². The molecule has 1 fully saturated rings. The first-order valence-electron chi connectivity index (χ1n) is 11.1. The van der Waals surface area contributed by atoms with Crippen LogP contribution in [0.4, 0.5) is 5.82 Å². The van der Waals surface area contributed by atoms with Gasteiger partial charge in [-0.15, -0.1) is 0 Å². The predicted molar refractivity (Wildman–Crippen MR) is 141 cm³/mol. The fraction of sp³-hybridized carbons (Fsp3) is 0.240. The van der Waals surface area contributed by atoms with E-state index in [9.17, 15) is 13.2 Å². The molecule has 8 nitrogen and oxygen atoms in total. The summed E-state index contributed by atoms with van der Waals surface area (Å²) in [4.78, 5) is 24.8. The average Bonchev–Trinajstić information content (AvgIpc) is 2.84. The highest BCUT2D eigenvalue weighted by Gasteiger charge is 2.27. The number of aromatic amines is 1. The summed E-state index contributed by atoms with van der Waals surface area (Å²) in [6.45, 7) is 0.872. The number of piperidine rings is 1. The monoisotopic (exact) mass is 551 g/mol. The molecule has 0 amide bonds. The van der Waals surface area contributed by atoms with Gasteiger partial charge in [0, 0.05) is 46.8 Å². The minimum atomic E-state index is -3.28. The van der Waals surface area contributed by atoms with Gasteiger partial charge in [-0.05, 0) is 49.1 Å². The van der Waals surface area contributed by atoms with Crippen LogP contribution in [0.1, 0.15) is 24.1 Å². The van der Waals surface area contributed by atoms with Gasteiger partial charge in [-0.3, -0.25) is 4.79 Å². The number of halogens is 1.